The number of amides is 1. The van der Waals surface area contributed by atoms with Gasteiger partial charge in [-0.25, -0.2) is 0 Å². The molecule has 0 saturated heterocycles. The number of nitrogen functional groups attached to an aromatic ring is 2. The van der Waals surface area contributed by atoms with Crippen LogP contribution in [0.5, 0.6) is 5.75 Å². The molecule has 1 heterocycles. The average Bonchev–Trinajstić information content (AvgIpc) is 3.33. The molecule has 0 aliphatic carbocycles. The van der Waals surface area contributed by atoms with Gasteiger partial charge in [-0.15, -0.1) is 24.8 Å². The number of benzene rings is 4. The van der Waals surface area contributed by atoms with E-state index in [9.17, 15) is 4.79 Å². The Kier molecular flexibility index (Phi) is 10.7. The zero-order valence-corrected chi connectivity index (χ0v) is 24.3. The number of fused-ring (bicyclic) bond motifs is 1. The number of nitrogens with zero attached hydrogens (tertiary/aromatic N) is 1. The van der Waals surface area contributed by atoms with Crippen molar-refractivity contribution in [3.05, 3.63) is 137 Å². The summed E-state index contributed by atoms with van der Waals surface area (Å²) in [6.07, 6.45) is 0. The van der Waals surface area contributed by atoms with Gasteiger partial charge < -0.3 is 26.1 Å². The quantitative estimate of drug-likeness (QED) is 0.104. The van der Waals surface area contributed by atoms with Gasteiger partial charge in [-0.1, -0.05) is 66.7 Å². The largest absolute Gasteiger partial charge is 0.489 e. The number of rotatable bonds is 10. The topological polar surface area (TPSA) is 143 Å². The Morgan fingerprint density at radius 3 is 2.02 bits per heavy atom. The molecule has 8 nitrogen and oxygen atoms in total. The fourth-order valence-electron chi connectivity index (χ4n) is 4.58. The fourth-order valence-corrected chi connectivity index (χ4v) is 4.58. The first-order chi connectivity index (χ1) is 19.4. The second-order valence-corrected chi connectivity index (χ2v) is 9.52. The predicted octanol–water partition coefficient (Wildman–Crippen LogP) is 5.61. The van der Waals surface area contributed by atoms with Crippen LogP contribution in [0.25, 0.3) is 10.9 Å². The smallest absolute Gasteiger partial charge is 0.268 e. The van der Waals surface area contributed by atoms with E-state index in [2.05, 4.69) is 5.32 Å². The molecule has 5 aromatic rings. The van der Waals surface area contributed by atoms with Gasteiger partial charge in [0.1, 0.15) is 29.7 Å². The molecule has 216 valence electrons. The van der Waals surface area contributed by atoms with Crippen LogP contribution in [0.3, 0.4) is 0 Å². The molecule has 5 rings (SSSR count). The van der Waals surface area contributed by atoms with Crippen LogP contribution in [0.1, 0.15) is 38.3 Å². The lowest BCUT2D eigenvalue weighted by Gasteiger charge is -2.13. The fraction of sp³-hybridized carbons (Fsp3) is 0.0938. The molecule has 0 unspecified atom stereocenters. The highest BCUT2D eigenvalue weighted by atomic mass is 35.5. The van der Waals surface area contributed by atoms with E-state index in [1.54, 1.807) is 18.2 Å². The summed E-state index contributed by atoms with van der Waals surface area (Å²) in [5, 5.41) is 19.3. The standard InChI is InChI=1S/C32H30N6O2.2ClH/c33-30(34)24-10-4-8-22(14-24)18-37-32(39)29-17-26-16-27(40-20-21-6-2-1-3-7-21)12-13-28(26)38(29)19-23-9-5-11-25(15-23)31(35)36;;/h1-17H,18-20H2,(H3,33,34)(H3,35,36)(H,37,39);2*1H. The Hall–Kier alpha value is -4.79. The minimum absolute atomic E-state index is 0. The average molecular weight is 604 g/mol. The first-order valence-electron chi connectivity index (χ1n) is 12.8. The highest BCUT2D eigenvalue weighted by molar-refractivity contribution is 5.99. The van der Waals surface area contributed by atoms with Crippen LogP contribution in [0, 0.1) is 10.8 Å². The van der Waals surface area contributed by atoms with Gasteiger partial charge >= 0.3 is 0 Å². The van der Waals surface area contributed by atoms with Crippen LogP contribution in [0.15, 0.2) is 103 Å². The molecule has 0 fully saturated rings. The Balaban J connectivity index is 0.00000242. The van der Waals surface area contributed by atoms with Gasteiger partial charge in [-0.3, -0.25) is 15.6 Å². The second-order valence-electron chi connectivity index (χ2n) is 9.52. The molecule has 4 aromatic carbocycles. The molecule has 0 aliphatic rings. The zero-order chi connectivity index (χ0) is 28.1. The number of hydrogen-bond donors (Lipinski definition) is 5. The molecule has 0 bridgehead atoms. The van der Waals surface area contributed by atoms with E-state index in [0.717, 1.165) is 27.6 Å². The molecule has 0 saturated carbocycles. The molecular formula is C32H32Cl2N6O2. The highest BCUT2D eigenvalue weighted by Gasteiger charge is 2.17. The van der Waals surface area contributed by atoms with Crippen molar-refractivity contribution >= 4 is 53.3 Å². The number of amidine groups is 2. The normalized spacial score (nSPS) is 10.3. The van der Waals surface area contributed by atoms with E-state index in [1.165, 1.54) is 0 Å². The van der Waals surface area contributed by atoms with Gasteiger partial charge in [0.15, 0.2) is 0 Å². The first-order valence-corrected chi connectivity index (χ1v) is 12.8. The van der Waals surface area contributed by atoms with Crippen molar-refractivity contribution in [3.63, 3.8) is 0 Å². The molecule has 0 atom stereocenters. The molecule has 10 heteroatoms. The Bertz CT molecular complexity index is 1720. The summed E-state index contributed by atoms with van der Waals surface area (Å²) in [5.41, 5.74) is 16.8. The van der Waals surface area contributed by atoms with E-state index in [-0.39, 0.29) is 48.9 Å². The molecular weight excluding hydrogens is 571 g/mol. The maximum Gasteiger partial charge on any atom is 0.268 e. The SMILES string of the molecule is Cl.Cl.N=C(N)c1cccc(CNC(=O)c2cc3cc(OCc4ccccc4)ccc3n2Cc2cccc(C(=N)N)c2)c1. The number of carbonyl (C=O) groups excluding carboxylic acids is 1. The summed E-state index contributed by atoms with van der Waals surface area (Å²) >= 11 is 0. The van der Waals surface area contributed by atoms with Crippen molar-refractivity contribution in [1.82, 2.24) is 9.88 Å². The van der Waals surface area contributed by atoms with Crippen molar-refractivity contribution in [2.75, 3.05) is 0 Å². The third-order valence-electron chi connectivity index (χ3n) is 6.62. The molecule has 7 N–H and O–H groups in total. The van der Waals surface area contributed by atoms with E-state index in [1.807, 2.05) is 89.5 Å². The maximum absolute atomic E-state index is 13.5. The number of ether oxygens (including phenoxy) is 1. The summed E-state index contributed by atoms with van der Waals surface area (Å²) in [5.74, 6) is 0.440. The maximum atomic E-state index is 13.5. The molecule has 0 radical (unpaired) electrons. The Morgan fingerprint density at radius 2 is 1.36 bits per heavy atom. The summed E-state index contributed by atoms with van der Waals surface area (Å²) in [6.45, 7) is 1.14. The molecule has 1 amide bonds. The van der Waals surface area contributed by atoms with Gasteiger partial charge in [0.25, 0.3) is 5.91 Å². The number of hydrogen-bond acceptors (Lipinski definition) is 4. The van der Waals surface area contributed by atoms with Crippen LogP contribution in [0.4, 0.5) is 0 Å². The van der Waals surface area contributed by atoms with Crippen molar-refractivity contribution in [3.8, 4) is 5.75 Å². The predicted molar refractivity (Wildman–Crippen MR) is 172 cm³/mol. The molecule has 0 aliphatic heterocycles. The van der Waals surface area contributed by atoms with Crippen molar-refractivity contribution < 1.29 is 9.53 Å². The van der Waals surface area contributed by atoms with Crippen molar-refractivity contribution in [2.24, 2.45) is 11.5 Å². The lowest BCUT2D eigenvalue weighted by atomic mass is 10.1. The lowest BCUT2D eigenvalue weighted by molar-refractivity contribution is 0.0942. The molecule has 1 aromatic heterocycles. The summed E-state index contributed by atoms with van der Waals surface area (Å²) < 4.78 is 7.99. The number of nitrogens with two attached hydrogens (primary N) is 2. The van der Waals surface area contributed by atoms with Crippen LogP contribution >= 0.6 is 24.8 Å². The van der Waals surface area contributed by atoms with Crippen LogP contribution < -0.4 is 21.5 Å². The third kappa shape index (κ3) is 7.48. The summed E-state index contributed by atoms with van der Waals surface area (Å²) in [4.78, 5) is 13.5. The van der Waals surface area contributed by atoms with Gasteiger partial charge in [0.05, 0.1) is 0 Å². The van der Waals surface area contributed by atoms with Gasteiger partial charge in [-0.05, 0) is 53.1 Å². The first kappa shape index (κ1) is 31.7. The minimum atomic E-state index is -0.237. The van der Waals surface area contributed by atoms with Crippen LogP contribution in [0.2, 0.25) is 0 Å². The van der Waals surface area contributed by atoms with Crippen LogP contribution in [-0.4, -0.2) is 22.1 Å². The van der Waals surface area contributed by atoms with Gasteiger partial charge in [0, 0.05) is 35.1 Å². The van der Waals surface area contributed by atoms with Crippen LogP contribution in [-0.2, 0) is 19.7 Å². The van der Waals surface area contributed by atoms with E-state index < -0.39 is 0 Å². The third-order valence-corrected chi connectivity index (χ3v) is 6.62. The molecule has 0 spiro atoms. The van der Waals surface area contributed by atoms with E-state index >= 15 is 0 Å². The number of halogens is 2. The number of nitrogens with one attached hydrogen (secondary N) is 3. The Labute approximate surface area is 256 Å². The molecule has 42 heavy (non-hydrogen) atoms. The van der Waals surface area contributed by atoms with Crippen molar-refractivity contribution in [1.29, 1.82) is 10.8 Å². The zero-order valence-electron chi connectivity index (χ0n) is 22.7. The monoisotopic (exact) mass is 602 g/mol. The van der Waals surface area contributed by atoms with Gasteiger partial charge in [-0.2, -0.15) is 0 Å². The summed E-state index contributed by atoms with van der Waals surface area (Å²) in [7, 11) is 0. The second kappa shape index (κ2) is 14.2. The minimum Gasteiger partial charge on any atom is -0.489 e. The summed E-state index contributed by atoms with van der Waals surface area (Å²) in [6, 6.07) is 32.3. The Morgan fingerprint density at radius 1 is 0.738 bits per heavy atom. The van der Waals surface area contributed by atoms with E-state index in [0.29, 0.717) is 35.7 Å². The van der Waals surface area contributed by atoms with E-state index in [4.69, 9.17) is 27.0 Å². The lowest BCUT2D eigenvalue weighted by Crippen LogP contribution is -2.26. The van der Waals surface area contributed by atoms with Crippen molar-refractivity contribution in [2.45, 2.75) is 19.7 Å². The van der Waals surface area contributed by atoms with Gasteiger partial charge in [0.2, 0.25) is 0 Å². The number of aromatic nitrogens is 1. The number of carbonyl (C=O) groups is 1. The highest BCUT2D eigenvalue weighted by Crippen LogP contribution is 2.27.